The van der Waals surface area contributed by atoms with Crippen LogP contribution in [0.3, 0.4) is 0 Å². The van der Waals surface area contributed by atoms with Gasteiger partial charge in [0.05, 0.1) is 18.6 Å². The van der Waals surface area contributed by atoms with Crippen molar-refractivity contribution in [2.75, 3.05) is 0 Å². The second-order valence-electron chi connectivity index (χ2n) is 3.56. The molecule has 0 aliphatic rings. The molecular weight excluding hydrogens is 214 g/mol. The van der Waals surface area contributed by atoms with Gasteiger partial charge >= 0.3 is 0 Å². The van der Waals surface area contributed by atoms with Crippen LogP contribution < -0.4 is 0 Å². The number of rotatable bonds is 2. The molecule has 0 amide bonds. The van der Waals surface area contributed by atoms with E-state index in [4.69, 9.17) is 10.5 Å². The SMILES string of the molecule is Cc1cccnc1Cn1cnc(C#N)c1C#N. The van der Waals surface area contributed by atoms with Crippen molar-refractivity contribution in [2.45, 2.75) is 13.5 Å². The Morgan fingerprint density at radius 1 is 1.29 bits per heavy atom. The van der Waals surface area contributed by atoms with E-state index in [0.29, 0.717) is 6.54 Å². The lowest BCUT2D eigenvalue weighted by molar-refractivity contribution is 0.757. The molecule has 0 atom stereocenters. The minimum absolute atomic E-state index is 0.154. The van der Waals surface area contributed by atoms with Crippen LogP contribution in [0.25, 0.3) is 0 Å². The summed E-state index contributed by atoms with van der Waals surface area (Å²) in [6, 6.07) is 7.69. The number of nitriles is 2. The van der Waals surface area contributed by atoms with Crippen LogP contribution in [0.1, 0.15) is 22.6 Å². The summed E-state index contributed by atoms with van der Waals surface area (Å²) >= 11 is 0. The molecule has 0 aliphatic carbocycles. The van der Waals surface area contributed by atoms with Crippen molar-refractivity contribution < 1.29 is 0 Å². The van der Waals surface area contributed by atoms with Crippen LogP contribution in [0.2, 0.25) is 0 Å². The van der Waals surface area contributed by atoms with Crippen LogP contribution >= 0.6 is 0 Å². The monoisotopic (exact) mass is 223 g/mol. The van der Waals surface area contributed by atoms with E-state index in [9.17, 15) is 0 Å². The molecule has 0 N–H and O–H groups in total. The van der Waals surface area contributed by atoms with Gasteiger partial charge in [-0.2, -0.15) is 10.5 Å². The highest BCUT2D eigenvalue weighted by Gasteiger charge is 2.11. The Kier molecular flexibility index (Phi) is 2.85. The highest BCUT2D eigenvalue weighted by atomic mass is 15.1. The van der Waals surface area contributed by atoms with Crippen LogP contribution in [0.4, 0.5) is 0 Å². The zero-order valence-electron chi connectivity index (χ0n) is 9.25. The van der Waals surface area contributed by atoms with Crippen molar-refractivity contribution in [1.29, 1.82) is 10.5 Å². The summed E-state index contributed by atoms with van der Waals surface area (Å²) in [5.41, 5.74) is 2.34. The molecule has 0 bridgehead atoms. The smallest absolute Gasteiger partial charge is 0.176 e. The lowest BCUT2D eigenvalue weighted by atomic mass is 10.2. The average Bonchev–Trinajstić information content (AvgIpc) is 2.74. The standard InChI is InChI=1S/C12H9N5/c1-9-3-2-4-15-11(9)7-17-8-16-10(5-13)12(17)6-14/h2-4,8H,7H2,1H3. The average molecular weight is 223 g/mol. The Bertz CT molecular complexity index is 627. The van der Waals surface area contributed by atoms with Gasteiger partial charge < -0.3 is 4.57 Å². The van der Waals surface area contributed by atoms with Crippen molar-refractivity contribution in [3.8, 4) is 12.1 Å². The van der Waals surface area contributed by atoms with Crippen molar-refractivity contribution in [3.63, 3.8) is 0 Å². The molecular formula is C12H9N5. The lowest BCUT2D eigenvalue weighted by Gasteiger charge is -2.05. The maximum atomic E-state index is 8.98. The van der Waals surface area contributed by atoms with Crippen molar-refractivity contribution in [1.82, 2.24) is 14.5 Å². The molecule has 0 aliphatic heterocycles. The molecule has 0 radical (unpaired) electrons. The molecule has 0 unspecified atom stereocenters. The lowest BCUT2D eigenvalue weighted by Crippen LogP contribution is -2.05. The van der Waals surface area contributed by atoms with Gasteiger partial charge in [0.25, 0.3) is 0 Å². The number of imidazole rings is 1. The summed E-state index contributed by atoms with van der Waals surface area (Å²) in [6.07, 6.45) is 3.20. The molecule has 17 heavy (non-hydrogen) atoms. The van der Waals surface area contributed by atoms with E-state index in [1.54, 1.807) is 10.8 Å². The largest absolute Gasteiger partial charge is 0.315 e. The summed E-state index contributed by atoms with van der Waals surface area (Å²) < 4.78 is 1.63. The summed E-state index contributed by atoms with van der Waals surface area (Å²) in [5.74, 6) is 0. The fraction of sp³-hybridized carbons (Fsp3) is 0.167. The molecule has 5 heteroatoms. The Balaban J connectivity index is 2.39. The van der Waals surface area contributed by atoms with E-state index >= 15 is 0 Å². The molecule has 2 rings (SSSR count). The molecule has 2 heterocycles. The molecule has 0 spiro atoms. The number of hydrogen-bond acceptors (Lipinski definition) is 4. The van der Waals surface area contributed by atoms with Crippen molar-refractivity contribution in [3.05, 3.63) is 47.3 Å². The predicted molar refractivity (Wildman–Crippen MR) is 59.7 cm³/mol. The fourth-order valence-corrected chi connectivity index (χ4v) is 1.55. The summed E-state index contributed by atoms with van der Waals surface area (Å²) in [6.45, 7) is 2.40. The Labute approximate surface area is 98.6 Å². The maximum absolute atomic E-state index is 8.98. The third kappa shape index (κ3) is 1.99. The third-order valence-electron chi connectivity index (χ3n) is 2.49. The van der Waals surface area contributed by atoms with Crippen LogP contribution in [-0.4, -0.2) is 14.5 Å². The van der Waals surface area contributed by atoms with E-state index in [-0.39, 0.29) is 11.4 Å². The number of aromatic nitrogens is 3. The van der Waals surface area contributed by atoms with Gasteiger partial charge in [0.15, 0.2) is 11.4 Å². The van der Waals surface area contributed by atoms with Gasteiger partial charge in [0.1, 0.15) is 12.1 Å². The maximum Gasteiger partial charge on any atom is 0.176 e. The molecule has 82 valence electrons. The zero-order valence-corrected chi connectivity index (χ0v) is 9.25. The quantitative estimate of drug-likeness (QED) is 0.770. The summed E-state index contributed by atoms with van der Waals surface area (Å²) in [5, 5.41) is 17.8. The first-order valence-electron chi connectivity index (χ1n) is 5.02. The van der Waals surface area contributed by atoms with Crippen LogP contribution in [0, 0.1) is 29.6 Å². The Morgan fingerprint density at radius 2 is 2.12 bits per heavy atom. The van der Waals surface area contributed by atoms with Gasteiger partial charge in [-0.1, -0.05) is 6.07 Å². The van der Waals surface area contributed by atoms with E-state index in [1.165, 1.54) is 6.33 Å². The molecule has 0 fully saturated rings. The van der Waals surface area contributed by atoms with Gasteiger partial charge in [-0.25, -0.2) is 4.98 Å². The van der Waals surface area contributed by atoms with Gasteiger partial charge in [-0.05, 0) is 18.6 Å². The molecule has 0 saturated heterocycles. The van der Waals surface area contributed by atoms with E-state index in [0.717, 1.165) is 11.3 Å². The fourth-order valence-electron chi connectivity index (χ4n) is 1.55. The van der Waals surface area contributed by atoms with Gasteiger partial charge in [-0.3, -0.25) is 4.98 Å². The predicted octanol–water partition coefficient (Wildman–Crippen LogP) is 1.38. The summed E-state index contributed by atoms with van der Waals surface area (Å²) in [7, 11) is 0. The van der Waals surface area contributed by atoms with E-state index in [2.05, 4.69) is 9.97 Å². The second-order valence-corrected chi connectivity index (χ2v) is 3.56. The number of aryl methyl sites for hydroxylation is 1. The second kappa shape index (κ2) is 4.46. The molecule has 5 nitrogen and oxygen atoms in total. The highest BCUT2D eigenvalue weighted by Crippen LogP contribution is 2.10. The molecule has 2 aromatic rings. The molecule has 0 aromatic carbocycles. The van der Waals surface area contributed by atoms with Crippen molar-refractivity contribution >= 4 is 0 Å². The first-order valence-corrected chi connectivity index (χ1v) is 5.02. The van der Waals surface area contributed by atoms with Crippen LogP contribution in [0.15, 0.2) is 24.7 Å². The summed E-state index contributed by atoms with van der Waals surface area (Å²) in [4.78, 5) is 8.13. The van der Waals surface area contributed by atoms with Crippen LogP contribution in [0.5, 0.6) is 0 Å². The first kappa shape index (κ1) is 10.8. The number of nitrogens with zero attached hydrogens (tertiary/aromatic N) is 5. The number of hydrogen-bond donors (Lipinski definition) is 0. The van der Waals surface area contributed by atoms with Crippen LogP contribution in [-0.2, 0) is 6.54 Å². The first-order chi connectivity index (χ1) is 8.26. The minimum Gasteiger partial charge on any atom is -0.315 e. The van der Waals surface area contributed by atoms with E-state index < -0.39 is 0 Å². The van der Waals surface area contributed by atoms with E-state index in [1.807, 2.05) is 31.2 Å². The molecule has 0 saturated carbocycles. The number of pyridine rings is 1. The van der Waals surface area contributed by atoms with Gasteiger partial charge in [-0.15, -0.1) is 0 Å². The Hall–Kier alpha value is -2.66. The van der Waals surface area contributed by atoms with Crippen molar-refractivity contribution in [2.24, 2.45) is 0 Å². The topological polar surface area (TPSA) is 78.3 Å². The third-order valence-corrected chi connectivity index (χ3v) is 2.49. The van der Waals surface area contributed by atoms with Gasteiger partial charge in [0, 0.05) is 6.20 Å². The van der Waals surface area contributed by atoms with Gasteiger partial charge in [0.2, 0.25) is 0 Å². The minimum atomic E-state index is 0.154. The Morgan fingerprint density at radius 3 is 2.76 bits per heavy atom. The highest BCUT2D eigenvalue weighted by molar-refractivity contribution is 5.36. The molecule has 2 aromatic heterocycles. The normalized spacial score (nSPS) is 9.59. The zero-order chi connectivity index (χ0) is 12.3.